The summed E-state index contributed by atoms with van der Waals surface area (Å²) in [5.41, 5.74) is 4.10. The van der Waals surface area contributed by atoms with Crippen molar-refractivity contribution in [2.45, 2.75) is 6.92 Å². The van der Waals surface area contributed by atoms with Crippen molar-refractivity contribution in [1.82, 2.24) is 9.97 Å². The van der Waals surface area contributed by atoms with Gasteiger partial charge in [0.15, 0.2) is 0 Å². The standard InChI is InChI=1S/C15H11N2/c1-11-13-7-8-14(12-5-3-2-4-6-12)17-15(13)9-10-16-11/h3-10H,1H3. The number of hydrogen-bond donors (Lipinski definition) is 0. The maximum atomic E-state index is 4.65. The Kier molecular flexibility index (Phi) is 2.33. The number of hydrogen-bond acceptors (Lipinski definition) is 2. The van der Waals surface area contributed by atoms with Crippen LogP contribution < -0.4 is 0 Å². The molecule has 0 atom stereocenters. The molecule has 81 valence electrons. The van der Waals surface area contributed by atoms with E-state index in [2.05, 4.69) is 22.1 Å². The van der Waals surface area contributed by atoms with Crippen molar-refractivity contribution in [1.29, 1.82) is 0 Å². The number of rotatable bonds is 1. The predicted molar refractivity (Wildman–Crippen MR) is 68.5 cm³/mol. The van der Waals surface area contributed by atoms with Crippen LogP contribution in [-0.2, 0) is 0 Å². The zero-order valence-corrected chi connectivity index (χ0v) is 9.51. The Morgan fingerprint density at radius 2 is 1.82 bits per heavy atom. The Morgan fingerprint density at radius 3 is 2.65 bits per heavy atom. The van der Waals surface area contributed by atoms with Gasteiger partial charge in [-0.05, 0) is 31.2 Å². The fraction of sp³-hybridized carbons (Fsp3) is 0.0667. The number of aryl methyl sites for hydroxylation is 1. The van der Waals surface area contributed by atoms with Crippen LogP contribution in [0.2, 0.25) is 0 Å². The third-order valence-corrected chi connectivity index (χ3v) is 2.83. The fourth-order valence-corrected chi connectivity index (χ4v) is 1.92. The predicted octanol–water partition coefficient (Wildman–Crippen LogP) is 3.41. The summed E-state index contributed by atoms with van der Waals surface area (Å²) in [4.78, 5) is 8.92. The molecule has 0 fully saturated rings. The summed E-state index contributed by atoms with van der Waals surface area (Å²) in [6, 6.07) is 16.9. The first-order valence-corrected chi connectivity index (χ1v) is 5.53. The summed E-state index contributed by atoms with van der Waals surface area (Å²) in [5, 5.41) is 1.11. The minimum atomic E-state index is 0.983. The van der Waals surface area contributed by atoms with Crippen LogP contribution in [0.15, 0.2) is 48.7 Å². The first-order valence-electron chi connectivity index (χ1n) is 5.53. The Hall–Kier alpha value is -2.22. The molecule has 0 aliphatic carbocycles. The summed E-state index contributed by atoms with van der Waals surface area (Å²) in [6.07, 6.45) is 1.80. The largest absolute Gasteiger partial charge is 0.261 e. The van der Waals surface area contributed by atoms with Crippen LogP contribution in [0.5, 0.6) is 0 Å². The van der Waals surface area contributed by atoms with Crippen molar-refractivity contribution in [3.63, 3.8) is 0 Å². The van der Waals surface area contributed by atoms with Gasteiger partial charge in [-0.1, -0.05) is 24.3 Å². The first kappa shape index (κ1) is 9.97. The van der Waals surface area contributed by atoms with Gasteiger partial charge in [0.2, 0.25) is 0 Å². The molecule has 0 saturated heterocycles. The summed E-state index contributed by atoms with van der Waals surface area (Å²) < 4.78 is 0. The molecule has 1 radical (unpaired) electrons. The van der Waals surface area contributed by atoms with E-state index >= 15 is 0 Å². The minimum absolute atomic E-state index is 0.983. The highest BCUT2D eigenvalue weighted by Crippen LogP contribution is 2.21. The van der Waals surface area contributed by atoms with E-state index in [0.717, 1.165) is 27.9 Å². The highest BCUT2D eigenvalue weighted by Gasteiger charge is 2.02. The van der Waals surface area contributed by atoms with Crippen molar-refractivity contribution in [2.75, 3.05) is 0 Å². The number of aromatic nitrogens is 2. The molecule has 3 aromatic rings. The van der Waals surface area contributed by atoms with E-state index in [4.69, 9.17) is 0 Å². The van der Waals surface area contributed by atoms with Crippen LogP contribution in [0.3, 0.4) is 0 Å². The van der Waals surface area contributed by atoms with Crippen molar-refractivity contribution >= 4 is 10.9 Å². The second-order valence-electron chi connectivity index (χ2n) is 3.95. The molecule has 0 aliphatic heterocycles. The smallest absolute Gasteiger partial charge is 0.0743 e. The van der Waals surface area contributed by atoms with Crippen LogP contribution in [0.4, 0.5) is 0 Å². The van der Waals surface area contributed by atoms with Gasteiger partial charge in [-0.2, -0.15) is 0 Å². The second-order valence-corrected chi connectivity index (χ2v) is 3.95. The molecule has 0 N–H and O–H groups in total. The van der Waals surface area contributed by atoms with Gasteiger partial charge in [-0.25, -0.2) is 4.98 Å². The second kappa shape index (κ2) is 3.98. The molecule has 0 bridgehead atoms. The van der Waals surface area contributed by atoms with Gasteiger partial charge in [0.05, 0.1) is 11.2 Å². The fourth-order valence-electron chi connectivity index (χ4n) is 1.92. The van der Waals surface area contributed by atoms with Gasteiger partial charge in [-0.3, -0.25) is 4.98 Å². The summed E-state index contributed by atoms with van der Waals surface area (Å²) in [7, 11) is 0. The molecule has 0 saturated carbocycles. The van der Waals surface area contributed by atoms with E-state index in [9.17, 15) is 0 Å². The normalized spacial score (nSPS) is 10.6. The summed E-state index contributed by atoms with van der Waals surface area (Å²) in [5.74, 6) is 0. The maximum absolute atomic E-state index is 4.65. The Balaban J connectivity index is 2.21. The molecule has 3 rings (SSSR count). The molecule has 2 aromatic heterocycles. The molecule has 2 nitrogen and oxygen atoms in total. The lowest BCUT2D eigenvalue weighted by Gasteiger charge is -2.04. The molecule has 1 aromatic carbocycles. The zero-order valence-electron chi connectivity index (χ0n) is 9.51. The van der Waals surface area contributed by atoms with Crippen molar-refractivity contribution < 1.29 is 0 Å². The monoisotopic (exact) mass is 219 g/mol. The lowest BCUT2D eigenvalue weighted by atomic mass is 10.1. The van der Waals surface area contributed by atoms with Gasteiger partial charge in [0.1, 0.15) is 0 Å². The van der Waals surface area contributed by atoms with Crippen molar-refractivity contribution in [2.24, 2.45) is 0 Å². The molecule has 0 aliphatic rings. The van der Waals surface area contributed by atoms with Crippen LogP contribution in [0.25, 0.3) is 22.2 Å². The van der Waals surface area contributed by atoms with Gasteiger partial charge >= 0.3 is 0 Å². The number of nitrogens with zero attached hydrogens (tertiary/aromatic N) is 2. The SMILES string of the molecule is Cc1nccc2nc(-c3cc[c]cc3)ccc12. The summed E-state index contributed by atoms with van der Waals surface area (Å²) >= 11 is 0. The molecule has 0 spiro atoms. The molecule has 0 amide bonds. The molecule has 2 heteroatoms. The van der Waals surface area contributed by atoms with Gasteiger partial charge in [0.25, 0.3) is 0 Å². The highest BCUT2D eigenvalue weighted by molar-refractivity contribution is 5.83. The van der Waals surface area contributed by atoms with Crippen molar-refractivity contribution in [3.8, 4) is 11.3 Å². The number of fused-ring (bicyclic) bond motifs is 1. The zero-order chi connectivity index (χ0) is 11.7. The highest BCUT2D eigenvalue weighted by atomic mass is 14.7. The Morgan fingerprint density at radius 1 is 1.00 bits per heavy atom. The maximum Gasteiger partial charge on any atom is 0.0743 e. The molecular weight excluding hydrogens is 208 g/mol. The Bertz CT molecular complexity index is 660. The van der Waals surface area contributed by atoms with Crippen LogP contribution >= 0.6 is 0 Å². The van der Waals surface area contributed by atoms with E-state index in [1.165, 1.54) is 0 Å². The van der Waals surface area contributed by atoms with E-state index in [-0.39, 0.29) is 0 Å². The first-order chi connectivity index (χ1) is 8.34. The van der Waals surface area contributed by atoms with Crippen LogP contribution in [-0.4, -0.2) is 9.97 Å². The quantitative estimate of drug-likeness (QED) is 0.626. The summed E-state index contributed by atoms with van der Waals surface area (Å²) in [6.45, 7) is 2.00. The van der Waals surface area contributed by atoms with Gasteiger partial charge in [-0.15, -0.1) is 0 Å². The third-order valence-electron chi connectivity index (χ3n) is 2.83. The molecule has 17 heavy (non-hydrogen) atoms. The number of benzene rings is 1. The number of pyridine rings is 2. The van der Waals surface area contributed by atoms with Crippen LogP contribution in [0.1, 0.15) is 5.69 Å². The minimum Gasteiger partial charge on any atom is -0.261 e. The molecular formula is C15H11N2. The molecule has 0 unspecified atom stereocenters. The van der Waals surface area contributed by atoms with E-state index < -0.39 is 0 Å². The van der Waals surface area contributed by atoms with E-state index in [1.54, 1.807) is 6.20 Å². The topological polar surface area (TPSA) is 25.8 Å². The van der Waals surface area contributed by atoms with E-state index in [0.29, 0.717) is 0 Å². The van der Waals surface area contributed by atoms with Crippen LogP contribution in [0, 0.1) is 13.0 Å². The molecule has 2 heterocycles. The van der Waals surface area contributed by atoms with E-state index in [1.807, 2.05) is 43.3 Å². The van der Waals surface area contributed by atoms with Crippen molar-refractivity contribution in [3.05, 3.63) is 60.4 Å². The lowest BCUT2D eigenvalue weighted by Crippen LogP contribution is -1.88. The third kappa shape index (κ3) is 1.78. The average molecular weight is 219 g/mol. The van der Waals surface area contributed by atoms with Gasteiger partial charge < -0.3 is 0 Å². The lowest BCUT2D eigenvalue weighted by molar-refractivity contribution is 1.22. The average Bonchev–Trinajstić information content (AvgIpc) is 2.40. The Labute approximate surface area is 100.0 Å². The van der Waals surface area contributed by atoms with Gasteiger partial charge in [0, 0.05) is 22.8 Å².